The van der Waals surface area contributed by atoms with Crippen LogP contribution in [0.1, 0.15) is 24.8 Å². The van der Waals surface area contributed by atoms with Gasteiger partial charge in [-0.25, -0.2) is 0 Å². The van der Waals surface area contributed by atoms with Crippen LogP contribution in [0.2, 0.25) is 0 Å². The predicted molar refractivity (Wildman–Crippen MR) is 59.6 cm³/mol. The van der Waals surface area contributed by atoms with Crippen molar-refractivity contribution in [1.29, 1.82) is 0 Å². The largest absolute Gasteiger partial charge is 0.508 e. The third kappa shape index (κ3) is 1.41. The minimum atomic E-state index is -0.274. The van der Waals surface area contributed by atoms with Crippen LogP contribution in [0, 0.1) is 0 Å². The van der Waals surface area contributed by atoms with E-state index in [-0.39, 0.29) is 5.54 Å². The molecule has 3 N–H and O–H groups in total. The van der Waals surface area contributed by atoms with Crippen molar-refractivity contribution in [3.63, 3.8) is 0 Å². The fraction of sp³-hybridized carbons (Fsp3) is 0.455. The third-order valence-electron chi connectivity index (χ3n) is 2.97. The van der Waals surface area contributed by atoms with Crippen LogP contribution in [0.15, 0.2) is 23.1 Å². The molecular formula is C11H15NOS. The molecule has 3 heteroatoms. The van der Waals surface area contributed by atoms with Crippen LogP contribution in [-0.4, -0.2) is 11.4 Å². The summed E-state index contributed by atoms with van der Waals surface area (Å²) in [7, 11) is 0. The Hall–Kier alpha value is -0.670. The zero-order valence-corrected chi connectivity index (χ0v) is 9.10. The summed E-state index contributed by atoms with van der Waals surface area (Å²) in [6.45, 7) is 0. The highest BCUT2D eigenvalue weighted by atomic mass is 32.2. The number of aromatic hydroxyl groups is 1. The normalized spacial score (nSPS) is 19.0. The van der Waals surface area contributed by atoms with Gasteiger partial charge in [0.05, 0.1) is 0 Å². The lowest BCUT2D eigenvalue weighted by Gasteiger charge is -2.39. The van der Waals surface area contributed by atoms with E-state index in [0.717, 1.165) is 23.3 Å². The van der Waals surface area contributed by atoms with Crippen molar-refractivity contribution < 1.29 is 5.11 Å². The number of nitrogens with two attached hydrogens (primary N) is 1. The fourth-order valence-corrected chi connectivity index (χ4v) is 2.72. The molecule has 0 atom stereocenters. The van der Waals surface area contributed by atoms with Gasteiger partial charge in [-0.1, -0.05) is 6.07 Å². The van der Waals surface area contributed by atoms with E-state index < -0.39 is 0 Å². The van der Waals surface area contributed by atoms with Crippen molar-refractivity contribution in [2.45, 2.75) is 29.7 Å². The summed E-state index contributed by atoms with van der Waals surface area (Å²) in [5, 5.41) is 9.83. The first kappa shape index (κ1) is 9.87. The highest BCUT2D eigenvalue weighted by Crippen LogP contribution is 2.46. The quantitative estimate of drug-likeness (QED) is 0.735. The number of rotatable bonds is 2. The van der Waals surface area contributed by atoms with Crippen molar-refractivity contribution >= 4 is 11.8 Å². The van der Waals surface area contributed by atoms with Crippen LogP contribution in [0.3, 0.4) is 0 Å². The fourth-order valence-electron chi connectivity index (χ4n) is 2.00. The topological polar surface area (TPSA) is 46.2 Å². The molecular weight excluding hydrogens is 194 g/mol. The summed E-state index contributed by atoms with van der Waals surface area (Å²) in [5.41, 5.74) is 6.90. The molecule has 76 valence electrons. The second-order valence-corrected chi connectivity index (χ2v) is 4.71. The molecule has 1 aromatic rings. The smallest absolute Gasteiger partial charge is 0.121 e. The van der Waals surface area contributed by atoms with Gasteiger partial charge in [-0.15, -0.1) is 11.8 Å². The zero-order chi connectivity index (χ0) is 10.2. The molecule has 1 aliphatic carbocycles. The van der Waals surface area contributed by atoms with Crippen LogP contribution in [0.4, 0.5) is 0 Å². The number of thioether (sulfide) groups is 1. The summed E-state index contributed by atoms with van der Waals surface area (Å²) in [5.74, 6) is 0.346. The average Bonchev–Trinajstić information content (AvgIpc) is 2.14. The Morgan fingerprint density at radius 1 is 1.43 bits per heavy atom. The molecule has 0 aliphatic heterocycles. The van der Waals surface area contributed by atoms with Crippen LogP contribution in [-0.2, 0) is 5.54 Å². The van der Waals surface area contributed by atoms with Crippen molar-refractivity contribution in [1.82, 2.24) is 0 Å². The SMILES string of the molecule is CSc1cccc(O)c1C1(N)CCC1. The van der Waals surface area contributed by atoms with E-state index in [1.807, 2.05) is 18.4 Å². The molecule has 0 radical (unpaired) electrons. The van der Waals surface area contributed by atoms with E-state index in [9.17, 15) is 5.11 Å². The molecule has 0 spiro atoms. The van der Waals surface area contributed by atoms with E-state index in [1.165, 1.54) is 6.42 Å². The third-order valence-corrected chi connectivity index (χ3v) is 3.75. The molecule has 2 rings (SSSR count). The lowest BCUT2D eigenvalue weighted by atomic mass is 9.72. The van der Waals surface area contributed by atoms with E-state index in [2.05, 4.69) is 0 Å². The Morgan fingerprint density at radius 2 is 2.14 bits per heavy atom. The Kier molecular flexibility index (Phi) is 2.45. The van der Waals surface area contributed by atoms with Crippen molar-refractivity contribution in [2.75, 3.05) is 6.26 Å². The van der Waals surface area contributed by atoms with E-state index >= 15 is 0 Å². The maximum absolute atomic E-state index is 9.83. The Morgan fingerprint density at radius 3 is 2.64 bits per heavy atom. The molecule has 0 bridgehead atoms. The van der Waals surface area contributed by atoms with Crippen molar-refractivity contribution in [3.05, 3.63) is 23.8 Å². The first-order valence-electron chi connectivity index (χ1n) is 4.83. The lowest BCUT2D eigenvalue weighted by Crippen LogP contribution is -2.43. The molecule has 1 saturated carbocycles. The van der Waals surface area contributed by atoms with Crippen LogP contribution >= 0.6 is 11.8 Å². The molecule has 0 saturated heterocycles. The van der Waals surface area contributed by atoms with Gasteiger partial charge in [0.2, 0.25) is 0 Å². The number of hydrogen-bond donors (Lipinski definition) is 2. The predicted octanol–water partition coefficient (Wildman–Crippen LogP) is 2.45. The van der Waals surface area contributed by atoms with E-state index in [1.54, 1.807) is 17.8 Å². The number of benzene rings is 1. The molecule has 14 heavy (non-hydrogen) atoms. The average molecular weight is 209 g/mol. The summed E-state index contributed by atoms with van der Waals surface area (Å²) in [6.07, 6.45) is 5.15. The van der Waals surface area contributed by atoms with Crippen molar-refractivity contribution in [3.8, 4) is 5.75 Å². The van der Waals surface area contributed by atoms with Crippen LogP contribution in [0.5, 0.6) is 5.75 Å². The molecule has 0 amide bonds. The van der Waals surface area contributed by atoms with Crippen LogP contribution in [0.25, 0.3) is 0 Å². The summed E-state index contributed by atoms with van der Waals surface area (Å²) in [4.78, 5) is 1.10. The van der Waals surface area contributed by atoms with E-state index in [4.69, 9.17) is 5.73 Å². The highest BCUT2D eigenvalue weighted by molar-refractivity contribution is 7.98. The molecule has 1 fully saturated rings. The molecule has 0 heterocycles. The molecule has 1 aliphatic rings. The van der Waals surface area contributed by atoms with Gasteiger partial charge in [0.15, 0.2) is 0 Å². The van der Waals surface area contributed by atoms with Gasteiger partial charge < -0.3 is 10.8 Å². The minimum Gasteiger partial charge on any atom is -0.508 e. The van der Waals surface area contributed by atoms with Gasteiger partial charge in [0, 0.05) is 16.0 Å². The van der Waals surface area contributed by atoms with Crippen LogP contribution < -0.4 is 5.73 Å². The Labute approximate surface area is 88.5 Å². The molecule has 2 nitrogen and oxygen atoms in total. The molecule has 0 unspecified atom stereocenters. The molecule has 1 aromatic carbocycles. The maximum Gasteiger partial charge on any atom is 0.121 e. The minimum absolute atomic E-state index is 0.274. The van der Waals surface area contributed by atoms with Gasteiger partial charge >= 0.3 is 0 Å². The monoisotopic (exact) mass is 209 g/mol. The van der Waals surface area contributed by atoms with Crippen molar-refractivity contribution in [2.24, 2.45) is 5.73 Å². The van der Waals surface area contributed by atoms with Gasteiger partial charge in [0.25, 0.3) is 0 Å². The standard InChI is InChI=1S/C11H15NOS/c1-14-9-5-2-4-8(13)10(9)11(12)6-3-7-11/h2,4-5,13H,3,6-7,12H2,1H3. The highest BCUT2D eigenvalue weighted by Gasteiger charge is 2.38. The maximum atomic E-state index is 9.83. The Balaban J connectivity index is 2.49. The summed E-state index contributed by atoms with van der Waals surface area (Å²) < 4.78 is 0. The second-order valence-electron chi connectivity index (χ2n) is 3.86. The number of hydrogen-bond acceptors (Lipinski definition) is 3. The van der Waals surface area contributed by atoms with Gasteiger partial charge in [0.1, 0.15) is 5.75 Å². The first-order chi connectivity index (χ1) is 6.67. The molecule has 0 aromatic heterocycles. The van der Waals surface area contributed by atoms with E-state index in [0.29, 0.717) is 5.75 Å². The second kappa shape index (κ2) is 3.48. The Bertz CT molecular complexity index is 347. The first-order valence-corrected chi connectivity index (χ1v) is 6.05. The van der Waals surface area contributed by atoms with Gasteiger partial charge in [-0.2, -0.15) is 0 Å². The zero-order valence-electron chi connectivity index (χ0n) is 8.29. The van der Waals surface area contributed by atoms with Gasteiger partial charge in [-0.3, -0.25) is 0 Å². The number of phenols is 1. The lowest BCUT2D eigenvalue weighted by molar-refractivity contribution is 0.241. The number of phenolic OH excluding ortho intramolecular Hbond substituents is 1. The van der Waals surface area contributed by atoms with Gasteiger partial charge in [-0.05, 0) is 37.7 Å². The summed E-state index contributed by atoms with van der Waals surface area (Å²) in [6, 6.07) is 5.61. The summed E-state index contributed by atoms with van der Waals surface area (Å²) >= 11 is 1.65.